The van der Waals surface area contributed by atoms with Crippen LogP contribution in [0.25, 0.3) is 0 Å². The minimum absolute atomic E-state index is 0.304. The molecule has 124 valence electrons. The van der Waals surface area contributed by atoms with Gasteiger partial charge in [0.2, 0.25) is 5.91 Å². The zero-order valence-electron chi connectivity index (χ0n) is 13.2. The SMILES string of the molecule is CCC1CCC(NC(=O)c2ccc(C(N)=O)cc2)(C(=O)O)CC1. The maximum atomic E-state index is 12.4. The van der Waals surface area contributed by atoms with Crippen LogP contribution in [0.5, 0.6) is 0 Å². The number of primary amides is 1. The first-order valence-corrected chi connectivity index (χ1v) is 7.83. The number of hydrogen-bond acceptors (Lipinski definition) is 3. The first-order valence-electron chi connectivity index (χ1n) is 7.83. The van der Waals surface area contributed by atoms with Crippen molar-refractivity contribution in [3.05, 3.63) is 35.4 Å². The number of amides is 2. The van der Waals surface area contributed by atoms with E-state index in [-0.39, 0.29) is 0 Å². The quantitative estimate of drug-likeness (QED) is 0.770. The van der Waals surface area contributed by atoms with Crippen molar-refractivity contribution < 1.29 is 19.5 Å². The van der Waals surface area contributed by atoms with Crippen molar-refractivity contribution in [1.29, 1.82) is 0 Å². The molecule has 0 saturated heterocycles. The van der Waals surface area contributed by atoms with Gasteiger partial charge >= 0.3 is 5.97 Å². The number of nitrogens with two attached hydrogens (primary N) is 1. The highest BCUT2D eigenvalue weighted by Crippen LogP contribution is 2.34. The summed E-state index contributed by atoms with van der Waals surface area (Å²) in [4.78, 5) is 35.1. The molecule has 1 aliphatic rings. The van der Waals surface area contributed by atoms with E-state index in [0.717, 1.165) is 19.3 Å². The maximum absolute atomic E-state index is 12.4. The Hall–Kier alpha value is -2.37. The van der Waals surface area contributed by atoms with Gasteiger partial charge in [0.15, 0.2) is 0 Å². The molecule has 1 aromatic carbocycles. The number of benzene rings is 1. The third-order valence-electron chi connectivity index (χ3n) is 4.73. The van der Waals surface area contributed by atoms with Gasteiger partial charge in [0.25, 0.3) is 5.91 Å². The summed E-state index contributed by atoms with van der Waals surface area (Å²) < 4.78 is 0. The molecule has 0 aliphatic heterocycles. The number of carboxylic acid groups (broad SMARTS) is 1. The van der Waals surface area contributed by atoms with E-state index in [0.29, 0.717) is 29.9 Å². The van der Waals surface area contributed by atoms with E-state index in [9.17, 15) is 19.5 Å². The van der Waals surface area contributed by atoms with Crippen LogP contribution < -0.4 is 11.1 Å². The second-order valence-electron chi connectivity index (χ2n) is 6.13. The monoisotopic (exact) mass is 318 g/mol. The van der Waals surface area contributed by atoms with Crippen LogP contribution in [-0.4, -0.2) is 28.4 Å². The average molecular weight is 318 g/mol. The van der Waals surface area contributed by atoms with Gasteiger partial charge in [-0.1, -0.05) is 13.3 Å². The van der Waals surface area contributed by atoms with Gasteiger partial charge in [-0.3, -0.25) is 9.59 Å². The van der Waals surface area contributed by atoms with E-state index in [1.807, 2.05) is 0 Å². The smallest absolute Gasteiger partial charge is 0.329 e. The summed E-state index contributed by atoms with van der Waals surface area (Å²) in [6, 6.07) is 5.86. The molecule has 6 nitrogen and oxygen atoms in total. The summed E-state index contributed by atoms with van der Waals surface area (Å²) in [5.74, 6) is -1.49. The van der Waals surface area contributed by atoms with Crippen molar-refractivity contribution in [2.24, 2.45) is 11.7 Å². The highest BCUT2D eigenvalue weighted by atomic mass is 16.4. The third kappa shape index (κ3) is 3.70. The molecule has 23 heavy (non-hydrogen) atoms. The molecule has 2 rings (SSSR count). The zero-order chi connectivity index (χ0) is 17.0. The van der Waals surface area contributed by atoms with Gasteiger partial charge < -0.3 is 16.2 Å². The van der Waals surface area contributed by atoms with Crippen molar-refractivity contribution >= 4 is 17.8 Å². The fourth-order valence-corrected chi connectivity index (χ4v) is 3.05. The maximum Gasteiger partial charge on any atom is 0.329 e. The number of carbonyl (C=O) groups excluding carboxylic acids is 2. The normalized spacial score (nSPS) is 24.0. The lowest BCUT2D eigenvalue weighted by Gasteiger charge is -2.37. The highest BCUT2D eigenvalue weighted by Gasteiger charge is 2.43. The van der Waals surface area contributed by atoms with Crippen LogP contribution in [0.3, 0.4) is 0 Å². The number of carboxylic acids is 1. The first-order chi connectivity index (χ1) is 10.9. The van der Waals surface area contributed by atoms with E-state index in [4.69, 9.17) is 5.73 Å². The summed E-state index contributed by atoms with van der Waals surface area (Å²) in [5.41, 5.74) is 4.57. The van der Waals surface area contributed by atoms with Gasteiger partial charge in [-0.05, 0) is 55.9 Å². The highest BCUT2D eigenvalue weighted by molar-refractivity contribution is 5.99. The van der Waals surface area contributed by atoms with E-state index >= 15 is 0 Å². The van der Waals surface area contributed by atoms with Gasteiger partial charge in [-0.2, -0.15) is 0 Å². The van der Waals surface area contributed by atoms with Gasteiger partial charge in [0.05, 0.1) is 0 Å². The molecule has 0 aromatic heterocycles. The lowest BCUT2D eigenvalue weighted by atomic mass is 9.75. The molecule has 0 unspecified atom stereocenters. The molecule has 0 atom stereocenters. The van der Waals surface area contributed by atoms with Gasteiger partial charge in [-0.25, -0.2) is 4.79 Å². The Bertz CT molecular complexity index is 602. The molecule has 1 aliphatic carbocycles. The minimum atomic E-state index is -1.20. The van der Waals surface area contributed by atoms with Crippen LogP contribution in [0.4, 0.5) is 0 Å². The Morgan fingerprint density at radius 2 is 1.70 bits per heavy atom. The number of hydrogen-bond donors (Lipinski definition) is 3. The molecule has 6 heteroatoms. The Labute approximate surface area is 135 Å². The second-order valence-corrected chi connectivity index (χ2v) is 6.13. The predicted molar refractivity (Wildman–Crippen MR) is 85.0 cm³/mol. The van der Waals surface area contributed by atoms with Crippen LogP contribution >= 0.6 is 0 Å². The average Bonchev–Trinajstić information content (AvgIpc) is 2.55. The Morgan fingerprint density at radius 1 is 1.17 bits per heavy atom. The molecule has 0 spiro atoms. The predicted octanol–water partition coefficient (Wildman–Crippen LogP) is 1.94. The van der Waals surface area contributed by atoms with Crippen LogP contribution in [0.2, 0.25) is 0 Å². The van der Waals surface area contributed by atoms with Gasteiger partial charge in [-0.15, -0.1) is 0 Å². The molecular formula is C17H22N2O4. The minimum Gasteiger partial charge on any atom is -0.480 e. The number of rotatable bonds is 5. The lowest BCUT2D eigenvalue weighted by Crippen LogP contribution is -2.56. The van der Waals surface area contributed by atoms with Crippen molar-refractivity contribution in [2.45, 2.75) is 44.6 Å². The molecule has 0 radical (unpaired) electrons. The molecule has 1 fully saturated rings. The molecule has 0 bridgehead atoms. The molecule has 2 amide bonds. The Kier molecular flexibility index (Phi) is 5.03. The summed E-state index contributed by atoms with van der Waals surface area (Å²) >= 11 is 0. The summed E-state index contributed by atoms with van der Waals surface area (Å²) in [5, 5.41) is 12.3. The Balaban J connectivity index is 2.12. The van der Waals surface area contributed by atoms with Crippen LogP contribution in [-0.2, 0) is 4.79 Å². The number of aliphatic carboxylic acids is 1. The summed E-state index contributed by atoms with van der Waals surface area (Å²) in [6.45, 7) is 2.09. The van der Waals surface area contributed by atoms with E-state index < -0.39 is 23.3 Å². The standard InChI is InChI=1S/C17H22N2O4/c1-2-11-7-9-17(10-8-11,16(22)23)19-15(21)13-5-3-12(4-6-13)14(18)20/h3-6,11H,2,7-10H2,1H3,(H2,18,20)(H,19,21)(H,22,23). The van der Waals surface area contributed by atoms with Crippen molar-refractivity contribution in [2.75, 3.05) is 0 Å². The van der Waals surface area contributed by atoms with Gasteiger partial charge in [0, 0.05) is 11.1 Å². The zero-order valence-corrected chi connectivity index (χ0v) is 13.2. The van der Waals surface area contributed by atoms with Crippen molar-refractivity contribution in [3.8, 4) is 0 Å². The van der Waals surface area contributed by atoms with Crippen LogP contribution in [0, 0.1) is 5.92 Å². The van der Waals surface area contributed by atoms with Crippen LogP contribution in [0.15, 0.2) is 24.3 Å². The molecule has 0 heterocycles. The van der Waals surface area contributed by atoms with Gasteiger partial charge in [0.1, 0.15) is 5.54 Å². The summed E-state index contributed by atoms with van der Waals surface area (Å²) in [7, 11) is 0. The van der Waals surface area contributed by atoms with E-state index in [1.54, 1.807) is 0 Å². The van der Waals surface area contributed by atoms with Crippen molar-refractivity contribution in [3.63, 3.8) is 0 Å². The second kappa shape index (κ2) is 6.81. The molecule has 1 aromatic rings. The number of nitrogens with one attached hydrogen (secondary N) is 1. The lowest BCUT2D eigenvalue weighted by molar-refractivity contribution is -0.146. The summed E-state index contributed by atoms with van der Waals surface area (Å²) in [6.07, 6.45) is 3.49. The largest absolute Gasteiger partial charge is 0.480 e. The molecular weight excluding hydrogens is 296 g/mol. The topological polar surface area (TPSA) is 109 Å². The number of carbonyl (C=O) groups is 3. The van der Waals surface area contributed by atoms with E-state index in [1.165, 1.54) is 24.3 Å². The fraction of sp³-hybridized carbons (Fsp3) is 0.471. The van der Waals surface area contributed by atoms with Crippen molar-refractivity contribution in [1.82, 2.24) is 5.32 Å². The van der Waals surface area contributed by atoms with E-state index in [2.05, 4.69) is 12.2 Å². The third-order valence-corrected chi connectivity index (χ3v) is 4.73. The Morgan fingerprint density at radius 3 is 2.13 bits per heavy atom. The van der Waals surface area contributed by atoms with Crippen LogP contribution in [0.1, 0.15) is 59.7 Å². The fourth-order valence-electron chi connectivity index (χ4n) is 3.05. The molecule has 1 saturated carbocycles. The first kappa shape index (κ1) is 17.0. The molecule has 4 N–H and O–H groups in total.